The molecule has 2 aromatic rings. The smallest absolute Gasteiger partial charge is 0.175 e. The number of halogens is 1. The van der Waals surface area contributed by atoms with E-state index in [2.05, 4.69) is 71.1 Å². The topological polar surface area (TPSA) is 30.5 Å². The van der Waals surface area contributed by atoms with Crippen LogP contribution in [0.5, 0.6) is 11.5 Å². The molecule has 0 bridgehead atoms. The number of hydrogen-bond donors (Lipinski definition) is 1. The molecular weight excluding hydrogens is 378 g/mol. The van der Waals surface area contributed by atoms with E-state index in [1.54, 1.807) is 13.2 Å². The lowest BCUT2D eigenvalue weighted by molar-refractivity contribution is 0.324. The molecule has 0 spiro atoms. The van der Waals surface area contributed by atoms with Crippen LogP contribution in [0.15, 0.2) is 59.6 Å². The Morgan fingerprint density at radius 2 is 2.00 bits per heavy atom. The second kappa shape index (κ2) is 10.3. The minimum atomic E-state index is 0.340. The molecule has 1 atom stereocenters. The van der Waals surface area contributed by atoms with E-state index in [4.69, 9.17) is 9.47 Å². The number of nitrogens with one attached hydrogen (secondary N) is 1. The van der Waals surface area contributed by atoms with Crippen molar-refractivity contribution in [3.05, 3.63) is 70.7 Å². The second-order valence-electron chi connectivity index (χ2n) is 5.84. The summed E-state index contributed by atoms with van der Waals surface area (Å²) in [5.41, 5.74) is 2.47. The largest absolute Gasteiger partial charge is 0.493 e. The zero-order valence-electron chi connectivity index (χ0n) is 14.9. The summed E-state index contributed by atoms with van der Waals surface area (Å²) in [6.45, 7) is 7.10. The van der Waals surface area contributed by atoms with Crippen LogP contribution in [0.4, 0.5) is 0 Å². The van der Waals surface area contributed by atoms with Gasteiger partial charge in [0.2, 0.25) is 0 Å². The molecule has 0 aliphatic carbocycles. The quantitative estimate of drug-likeness (QED) is 0.519. The predicted octanol–water partition coefficient (Wildman–Crippen LogP) is 5.65. The average Bonchev–Trinajstić information content (AvgIpc) is 2.64. The molecule has 1 N–H and O–H groups in total. The highest BCUT2D eigenvalue weighted by atomic mass is 79.9. The predicted molar refractivity (Wildman–Crippen MR) is 107 cm³/mol. The van der Waals surface area contributed by atoms with E-state index in [0.717, 1.165) is 35.2 Å². The van der Waals surface area contributed by atoms with Gasteiger partial charge in [0, 0.05) is 12.6 Å². The van der Waals surface area contributed by atoms with E-state index in [1.165, 1.54) is 5.56 Å². The normalized spacial score (nSPS) is 11.8. The molecule has 1 unspecified atom stereocenters. The fourth-order valence-corrected chi connectivity index (χ4v) is 3.36. The fourth-order valence-electron chi connectivity index (χ4n) is 2.76. The molecule has 2 aromatic carbocycles. The first-order valence-electron chi connectivity index (χ1n) is 8.58. The van der Waals surface area contributed by atoms with Crippen molar-refractivity contribution in [3.63, 3.8) is 0 Å². The standard InChI is InChI=1S/C21H26BrNO2/c1-4-9-19(17-10-7-6-8-11-17)23-15-16-13-18(22)21(25-12-5-2)20(14-16)24-3/h5-8,10-11,13-14,19,23H,2,4,9,12,15H2,1,3H3. The molecule has 4 heteroatoms. The number of benzene rings is 2. The van der Waals surface area contributed by atoms with Crippen molar-refractivity contribution in [2.75, 3.05) is 13.7 Å². The summed E-state index contributed by atoms with van der Waals surface area (Å²) in [5.74, 6) is 1.43. The Balaban J connectivity index is 2.13. The molecule has 0 aliphatic heterocycles. The van der Waals surface area contributed by atoms with Gasteiger partial charge >= 0.3 is 0 Å². The molecule has 25 heavy (non-hydrogen) atoms. The Morgan fingerprint density at radius 1 is 1.24 bits per heavy atom. The number of rotatable bonds is 10. The highest BCUT2D eigenvalue weighted by Crippen LogP contribution is 2.36. The first kappa shape index (κ1) is 19.5. The molecule has 0 heterocycles. The van der Waals surface area contributed by atoms with Crippen LogP contribution in [0.3, 0.4) is 0 Å². The monoisotopic (exact) mass is 403 g/mol. The van der Waals surface area contributed by atoms with E-state index in [9.17, 15) is 0 Å². The van der Waals surface area contributed by atoms with Crippen LogP contribution in [0, 0.1) is 0 Å². The summed E-state index contributed by atoms with van der Waals surface area (Å²) in [6.07, 6.45) is 3.95. The Hall–Kier alpha value is -1.78. The van der Waals surface area contributed by atoms with E-state index in [1.807, 2.05) is 6.07 Å². The van der Waals surface area contributed by atoms with E-state index in [0.29, 0.717) is 18.4 Å². The lowest BCUT2D eigenvalue weighted by Gasteiger charge is -2.20. The first-order chi connectivity index (χ1) is 12.2. The van der Waals surface area contributed by atoms with Crippen molar-refractivity contribution in [3.8, 4) is 11.5 Å². The maximum Gasteiger partial charge on any atom is 0.175 e. The van der Waals surface area contributed by atoms with Crippen LogP contribution in [0.2, 0.25) is 0 Å². The highest BCUT2D eigenvalue weighted by molar-refractivity contribution is 9.10. The second-order valence-corrected chi connectivity index (χ2v) is 6.70. The minimum absolute atomic E-state index is 0.340. The van der Waals surface area contributed by atoms with Crippen molar-refractivity contribution < 1.29 is 9.47 Å². The van der Waals surface area contributed by atoms with Gasteiger partial charge in [-0.15, -0.1) is 0 Å². The van der Waals surface area contributed by atoms with Crippen LogP contribution >= 0.6 is 15.9 Å². The SMILES string of the molecule is C=CCOc1c(Br)cc(CNC(CCC)c2ccccc2)cc1OC. The number of methoxy groups -OCH3 is 1. The van der Waals surface area contributed by atoms with Crippen molar-refractivity contribution in [2.24, 2.45) is 0 Å². The van der Waals surface area contributed by atoms with Crippen molar-refractivity contribution >= 4 is 15.9 Å². The summed E-state index contributed by atoms with van der Waals surface area (Å²) >= 11 is 3.58. The van der Waals surface area contributed by atoms with Crippen LogP contribution in [-0.4, -0.2) is 13.7 Å². The van der Waals surface area contributed by atoms with Gasteiger partial charge in [0.15, 0.2) is 11.5 Å². The molecule has 2 rings (SSSR count). The van der Waals surface area contributed by atoms with Gasteiger partial charge in [-0.05, 0) is 45.6 Å². The molecule has 0 aromatic heterocycles. The summed E-state index contributed by atoms with van der Waals surface area (Å²) in [6, 6.07) is 15.0. The minimum Gasteiger partial charge on any atom is -0.493 e. The van der Waals surface area contributed by atoms with Crippen molar-refractivity contribution in [2.45, 2.75) is 32.4 Å². The fraction of sp³-hybridized carbons (Fsp3) is 0.333. The Morgan fingerprint density at radius 3 is 2.64 bits per heavy atom. The molecule has 0 radical (unpaired) electrons. The van der Waals surface area contributed by atoms with Gasteiger partial charge < -0.3 is 14.8 Å². The lowest BCUT2D eigenvalue weighted by Crippen LogP contribution is -2.20. The summed E-state index contributed by atoms with van der Waals surface area (Å²) in [4.78, 5) is 0. The molecule has 134 valence electrons. The van der Waals surface area contributed by atoms with Crippen LogP contribution in [0.25, 0.3) is 0 Å². The lowest BCUT2D eigenvalue weighted by atomic mass is 10.0. The van der Waals surface area contributed by atoms with E-state index < -0.39 is 0 Å². The average molecular weight is 404 g/mol. The molecule has 0 saturated carbocycles. The van der Waals surface area contributed by atoms with Gasteiger partial charge in [0.25, 0.3) is 0 Å². The molecule has 0 fully saturated rings. The third kappa shape index (κ3) is 5.62. The van der Waals surface area contributed by atoms with E-state index in [-0.39, 0.29) is 0 Å². The Bertz CT molecular complexity index is 673. The molecule has 3 nitrogen and oxygen atoms in total. The van der Waals surface area contributed by atoms with E-state index >= 15 is 0 Å². The Labute approximate surface area is 159 Å². The van der Waals surface area contributed by atoms with Crippen LogP contribution in [0.1, 0.15) is 36.9 Å². The summed E-state index contributed by atoms with van der Waals surface area (Å²) in [7, 11) is 1.66. The highest BCUT2D eigenvalue weighted by Gasteiger charge is 2.14. The van der Waals surface area contributed by atoms with Crippen LogP contribution < -0.4 is 14.8 Å². The molecule has 0 aliphatic rings. The number of ether oxygens (including phenoxy) is 2. The third-order valence-corrected chi connectivity index (χ3v) is 4.56. The Kier molecular flexibility index (Phi) is 8.02. The van der Waals surface area contributed by atoms with Gasteiger partial charge in [-0.3, -0.25) is 0 Å². The summed E-state index contributed by atoms with van der Waals surface area (Å²) < 4.78 is 12.1. The summed E-state index contributed by atoms with van der Waals surface area (Å²) in [5, 5.41) is 3.66. The van der Waals surface area contributed by atoms with Gasteiger partial charge in [-0.1, -0.05) is 56.3 Å². The molecular formula is C21H26BrNO2. The van der Waals surface area contributed by atoms with Gasteiger partial charge in [-0.25, -0.2) is 0 Å². The van der Waals surface area contributed by atoms with Gasteiger partial charge in [-0.2, -0.15) is 0 Å². The van der Waals surface area contributed by atoms with Crippen LogP contribution in [-0.2, 0) is 6.54 Å². The maximum absolute atomic E-state index is 5.69. The van der Waals surface area contributed by atoms with Gasteiger partial charge in [0.05, 0.1) is 11.6 Å². The zero-order valence-corrected chi connectivity index (χ0v) is 16.5. The van der Waals surface area contributed by atoms with Gasteiger partial charge in [0.1, 0.15) is 6.61 Å². The maximum atomic E-state index is 5.69. The zero-order chi connectivity index (χ0) is 18.1. The first-order valence-corrected chi connectivity index (χ1v) is 9.37. The van der Waals surface area contributed by atoms with Crippen molar-refractivity contribution in [1.29, 1.82) is 0 Å². The molecule has 0 saturated heterocycles. The molecule has 0 amide bonds. The van der Waals surface area contributed by atoms with Crippen molar-refractivity contribution in [1.82, 2.24) is 5.32 Å². The third-order valence-electron chi connectivity index (χ3n) is 3.97. The number of hydrogen-bond acceptors (Lipinski definition) is 3.